The number of likely N-dealkylation sites (tertiary alicyclic amines) is 1. The van der Waals surface area contributed by atoms with E-state index in [-0.39, 0.29) is 5.92 Å². The van der Waals surface area contributed by atoms with Gasteiger partial charge in [-0.2, -0.15) is 0 Å². The summed E-state index contributed by atoms with van der Waals surface area (Å²) in [4.78, 5) is 14.4. The minimum absolute atomic E-state index is 0.264. The first-order valence-corrected chi connectivity index (χ1v) is 8.82. The Labute approximate surface area is 123 Å². The maximum absolute atomic E-state index is 11.8. The maximum Gasteiger partial charge on any atom is 0.138 e. The third-order valence-electron chi connectivity index (χ3n) is 7.22. The second kappa shape index (κ2) is 4.56. The van der Waals surface area contributed by atoms with Crippen LogP contribution in [0.2, 0.25) is 0 Å². The number of piperidine rings is 1. The van der Waals surface area contributed by atoms with Gasteiger partial charge in [0.15, 0.2) is 0 Å². The van der Waals surface area contributed by atoms with Gasteiger partial charge in [0.05, 0.1) is 0 Å². The van der Waals surface area contributed by atoms with Gasteiger partial charge in [-0.3, -0.25) is 9.69 Å². The number of carbonyl (C=O) groups excluding carboxylic acids is 1. The van der Waals surface area contributed by atoms with Crippen LogP contribution in [0.5, 0.6) is 0 Å². The molecule has 0 aromatic heterocycles. The molecule has 0 spiro atoms. The second-order valence-corrected chi connectivity index (χ2v) is 8.57. The van der Waals surface area contributed by atoms with Crippen LogP contribution in [0.3, 0.4) is 0 Å². The molecule has 2 atom stereocenters. The normalized spacial score (nSPS) is 49.6. The van der Waals surface area contributed by atoms with Gasteiger partial charge in [-0.15, -0.1) is 0 Å². The average Bonchev–Trinajstić information content (AvgIpc) is 2.39. The highest BCUT2D eigenvalue weighted by molar-refractivity contribution is 5.81. The van der Waals surface area contributed by atoms with Crippen LogP contribution in [0.25, 0.3) is 0 Å². The lowest BCUT2D eigenvalue weighted by Crippen LogP contribution is -2.58. The van der Waals surface area contributed by atoms with Gasteiger partial charge >= 0.3 is 0 Å². The van der Waals surface area contributed by atoms with E-state index >= 15 is 0 Å². The predicted molar refractivity (Wildman–Crippen MR) is 80.4 cm³/mol. The standard InChI is InChI=1S/C18H29NO/c1-12-11-19(4-3-17(12)20)13(2)18-8-14-5-15(9-18)7-16(6-14)10-18/h12-16H,3-11H2,1-2H3. The molecule has 2 unspecified atom stereocenters. The summed E-state index contributed by atoms with van der Waals surface area (Å²) in [6.45, 7) is 6.64. The van der Waals surface area contributed by atoms with Crippen LogP contribution < -0.4 is 0 Å². The van der Waals surface area contributed by atoms with E-state index in [4.69, 9.17) is 0 Å². The van der Waals surface area contributed by atoms with Crippen LogP contribution >= 0.6 is 0 Å². The Kier molecular flexibility index (Phi) is 3.03. The number of ketones is 1. The Morgan fingerprint density at radius 2 is 1.65 bits per heavy atom. The lowest BCUT2D eigenvalue weighted by molar-refractivity contribution is -0.131. The largest absolute Gasteiger partial charge is 0.299 e. The van der Waals surface area contributed by atoms with Crippen molar-refractivity contribution >= 4 is 5.78 Å². The zero-order chi connectivity index (χ0) is 13.9. The predicted octanol–water partition coefficient (Wildman–Crippen LogP) is 3.50. The van der Waals surface area contributed by atoms with E-state index in [1.807, 2.05) is 0 Å². The summed E-state index contributed by atoms with van der Waals surface area (Å²) in [5.74, 6) is 3.85. The first kappa shape index (κ1) is 13.3. The first-order valence-electron chi connectivity index (χ1n) is 8.82. The first-order chi connectivity index (χ1) is 9.56. The van der Waals surface area contributed by atoms with E-state index in [9.17, 15) is 4.79 Å². The van der Waals surface area contributed by atoms with Crippen LogP contribution in [-0.2, 0) is 4.79 Å². The molecule has 2 nitrogen and oxygen atoms in total. The molecule has 5 rings (SSSR count). The van der Waals surface area contributed by atoms with E-state index in [0.29, 0.717) is 17.2 Å². The van der Waals surface area contributed by atoms with Crippen molar-refractivity contribution in [2.75, 3.05) is 13.1 Å². The SMILES string of the molecule is CC1CN(C(C)C23CC4CC(CC(C4)C2)C3)CCC1=O. The number of nitrogens with zero attached hydrogens (tertiary/aromatic N) is 1. The van der Waals surface area contributed by atoms with Gasteiger partial charge in [0.25, 0.3) is 0 Å². The molecule has 1 aliphatic heterocycles. The van der Waals surface area contributed by atoms with E-state index in [2.05, 4.69) is 18.7 Å². The molecule has 2 heteroatoms. The van der Waals surface area contributed by atoms with Crippen molar-refractivity contribution in [3.63, 3.8) is 0 Å². The zero-order valence-electron chi connectivity index (χ0n) is 13.1. The fourth-order valence-corrected chi connectivity index (χ4v) is 6.47. The van der Waals surface area contributed by atoms with Crippen molar-refractivity contribution in [3.8, 4) is 0 Å². The number of rotatable bonds is 2. The molecule has 1 heterocycles. The van der Waals surface area contributed by atoms with Crippen molar-refractivity contribution in [2.24, 2.45) is 29.1 Å². The maximum atomic E-state index is 11.8. The Morgan fingerprint density at radius 3 is 2.15 bits per heavy atom. The summed E-state index contributed by atoms with van der Waals surface area (Å²) < 4.78 is 0. The fourth-order valence-electron chi connectivity index (χ4n) is 6.47. The summed E-state index contributed by atoms with van der Waals surface area (Å²) in [7, 11) is 0. The highest BCUT2D eigenvalue weighted by Crippen LogP contribution is 2.62. The zero-order valence-corrected chi connectivity index (χ0v) is 13.1. The van der Waals surface area contributed by atoms with Crippen molar-refractivity contribution in [2.45, 2.75) is 64.8 Å². The minimum atomic E-state index is 0.264. The van der Waals surface area contributed by atoms with Crippen LogP contribution in [0.1, 0.15) is 58.8 Å². The van der Waals surface area contributed by atoms with Gasteiger partial charge in [-0.25, -0.2) is 0 Å². The van der Waals surface area contributed by atoms with E-state index in [1.54, 1.807) is 0 Å². The number of hydrogen-bond donors (Lipinski definition) is 0. The van der Waals surface area contributed by atoms with Crippen LogP contribution in [-0.4, -0.2) is 29.8 Å². The summed E-state index contributed by atoms with van der Waals surface area (Å²) in [6, 6.07) is 0.700. The van der Waals surface area contributed by atoms with Gasteiger partial charge in [0.2, 0.25) is 0 Å². The number of hydrogen-bond acceptors (Lipinski definition) is 2. The molecule has 0 aromatic carbocycles. The molecular formula is C18H29NO. The topological polar surface area (TPSA) is 20.3 Å². The van der Waals surface area contributed by atoms with Crippen molar-refractivity contribution in [3.05, 3.63) is 0 Å². The molecule has 0 radical (unpaired) electrons. The van der Waals surface area contributed by atoms with Crippen LogP contribution in [0.15, 0.2) is 0 Å². The molecule has 4 aliphatic carbocycles. The Balaban J connectivity index is 1.53. The lowest BCUT2D eigenvalue weighted by atomic mass is 9.47. The van der Waals surface area contributed by atoms with Crippen LogP contribution in [0.4, 0.5) is 0 Å². The third-order valence-corrected chi connectivity index (χ3v) is 7.22. The summed E-state index contributed by atoms with van der Waals surface area (Å²) in [6.07, 6.45) is 9.83. The van der Waals surface area contributed by atoms with Gasteiger partial charge in [0.1, 0.15) is 5.78 Å². The molecule has 5 aliphatic rings. The van der Waals surface area contributed by atoms with E-state index in [0.717, 1.165) is 37.3 Å². The Bertz CT molecular complexity index is 380. The van der Waals surface area contributed by atoms with Gasteiger partial charge in [-0.05, 0) is 68.6 Å². The summed E-state index contributed by atoms with van der Waals surface area (Å²) >= 11 is 0. The second-order valence-electron chi connectivity index (χ2n) is 8.57. The van der Waals surface area contributed by atoms with Crippen molar-refractivity contribution < 1.29 is 4.79 Å². The van der Waals surface area contributed by atoms with Crippen molar-refractivity contribution in [1.82, 2.24) is 4.90 Å². The lowest BCUT2D eigenvalue weighted by Gasteiger charge is -2.61. The van der Waals surface area contributed by atoms with E-state index < -0.39 is 0 Å². The third kappa shape index (κ3) is 1.98. The molecule has 20 heavy (non-hydrogen) atoms. The van der Waals surface area contributed by atoms with Gasteiger partial charge in [-0.1, -0.05) is 6.92 Å². The molecule has 0 amide bonds. The summed E-state index contributed by atoms with van der Waals surface area (Å²) in [5, 5.41) is 0. The smallest absolute Gasteiger partial charge is 0.138 e. The van der Waals surface area contributed by atoms with Crippen LogP contribution in [0, 0.1) is 29.1 Å². The highest BCUT2D eigenvalue weighted by atomic mass is 16.1. The number of Topliss-reactive ketones (excluding diaryl/α,β-unsaturated/α-hetero) is 1. The molecule has 4 bridgehead atoms. The molecule has 0 aromatic rings. The highest BCUT2D eigenvalue weighted by Gasteiger charge is 2.54. The molecule has 112 valence electrons. The minimum Gasteiger partial charge on any atom is -0.299 e. The monoisotopic (exact) mass is 275 g/mol. The van der Waals surface area contributed by atoms with Crippen molar-refractivity contribution in [1.29, 1.82) is 0 Å². The summed E-state index contributed by atoms with van der Waals surface area (Å²) in [5.41, 5.74) is 0.606. The molecule has 1 saturated heterocycles. The fraction of sp³-hybridized carbons (Fsp3) is 0.944. The van der Waals surface area contributed by atoms with Gasteiger partial charge < -0.3 is 0 Å². The van der Waals surface area contributed by atoms with E-state index in [1.165, 1.54) is 38.5 Å². The molecular weight excluding hydrogens is 246 g/mol. The molecule has 0 N–H and O–H groups in total. The number of carbonyl (C=O) groups is 1. The average molecular weight is 275 g/mol. The van der Waals surface area contributed by atoms with Gasteiger partial charge in [0, 0.05) is 31.5 Å². The molecule has 4 saturated carbocycles. The Hall–Kier alpha value is -0.370. The Morgan fingerprint density at radius 1 is 1.10 bits per heavy atom. The quantitative estimate of drug-likeness (QED) is 0.769. The molecule has 5 fully saturated rings.